The molecule has 1 fully saturated rings. The fraction of sp³-hybridized carbons (Fsp3) is 0.308. The first-order chi connectivity index (χ1) is 16.8. The number of benzene rings is 1. The molecule has 180 valence electrons. The molecule has 1 atom stereocenters. The first kappa shape index (κ1) is 23.7. The molecule has 3 aromatic rings. The fourth-order valence-corrected chi connectivity index (χ4v) is 5.05. The Bertz CT molecular complexity index is 1270. The van der Waals surface area contributed by atoms with Crippen molar-refractivity contribution in [2.75, 3.05) is 13.1 Å². The Morgan fingerprint density at radius 3 is 2.66 bits per heavy atom. The molecule has 1 aromatic carbocycles. The molecule has 0 spiro atoms. The second-order valence-electron chi connectivity index (χ2n) is 9.05. The van der Waals surface area contributed by atoms with E-state index >= 15 is 4.39 Å². The second-order valence-corrected chi connectivity index (χ2v) is 9.86. The van der Waals surface area contributed by atoms with Gasteiger partial charge in [-0.15, -0.1) is 0 Å². The summed E-state index contributed by atoms with van der Waals surface area (Å²) < 4.78 is 21.5. The third-order valence-electron chi connectivity index (χ3n) is 6.54. The Balaban J connectivity index is 1.27. The van der Waals surface area contributed by atoms with Gasteiger partial charge in [-0.1, -0.05) is 35.3 Å². The summed E-state index contributed by atoms with van der Waals surface area (Å²) in [7, 11) is 0. The van der Waals surface area contributed by atoms with Crippen LogP contribution in [-0.2, 0) is 6.42 Å². The second kappa shape index (κ2) is 9.55. The van der Waals surface area contributed by atoms with Gasteiger partial charge in [0, 0.05) is 43.4 Å². The normalized spacial score (nSPS) is 20.9. The van der Waals surface area contributed by atoms with Gasteiger partial charge in [0.1, 0.15) is 11.4 Å². The highest BCUT2D eigenvalue weighted by Crippen LogP contribution is 2.40. The molecule has 35 heavy (non-hydrogen) atoms. The van der Waals surface area contributed by atoms with Gasteiger partial charge in [0.25, 0.3) is 5.91 Å². The minimum absolute atomic E-state index is 0.174. The Hall–Kier alpha value is -3.03. The third kappa shape index (κ3) is 5.16. The lowest BCUT2D eigenvalue weighted by Crippen LogP contribution is -2.48. The van der Waals surface area contributed by atoms with E-state index in [1.165, 1.54) is 6.39 Å². The molecule has 0 N–H and O–H groups in total. The van der Waals surface area contributed by atoms with Crippen LogP contribution in [0.1, 0.15) is 35.3 Å². The minimum Gasteiger partial charge on any atom is -0.442 e. The summed E-state index contributed by atoms with van der Waals surface area (Å²) in [6.07, 6.45) is 9.63. The number of allylic oxidation sites excluding steroid dienone is 1. The summed E-state index contributed by atoms with van der Waals surface area (Å²) in [5.74, 6) is 0.403. The molecule has 0 bridgehead atoms. The summed E-state index contributed by atoms with van der Waals surface area (Å²) >= 11 is 12.0. The molecule has 2 aromatic heterocycles. The Kier molecular flexibility index (Phi) is 6.47. The topological polar surface area (TPSA) is 71.6 Å². The van der Waals surface area contributed by atoms with Gasteiger partial charge >= 0.3 is 0 Å². The lowest BCUT2D eigenvalue weighted by molar-refractivity contribution is 0.0322. The van der Waals surface area contributed by atoms with E-state index in [0.29, 0.717) is 46.6 Å². The van der Waals surface area contributed by atoms with Crippen LogP contribution in [0.15, 0.2) is 70.6 Å². The Morgan fingerprint density at radius 2 is 1.97 bits per heavy atom. The molecule has 5 rings (SSSR count). The molecule has 1 amide bonds. The van der Waals surface area contributed by atoms with Gasteiger partial charge in [-0.3, -0.25) is 9.79 Å². The van der Waals surface area contributed by atoms with E-state index in [-0.39, 0.29) is 25.2 Å². The Morgan fingerprint density at radius 1 is 1.14 bits per heavy atom. The van der Waals surface area contributed by atoms with Crippen LogP contribution in [0, 0.1) is 0 Å². The van der Waals surface area contributed by atoms with Crippen LogP contribution in [0.4, 0.5) is 4.39 Å². The maximum Gasteiger partial charge on any atom is 0.253 e. The quantitative estimate of drug-likeness (QED) is 0.406. The predicted octanol–water partition coefficient (Wildman–Crippen LogP) is 6.00. The molecule has 2 aliphatic rings. The van der Waals surface area contributed by atoms with Crippen molar-refractivity contribution >= 4 is 35.3 Å². The van der Waals surface area contributed by atoms with E-state index in [1.54, 1.807) is 35.5 Å². The summed E-state index contributed by atoms with van der Waals surface area (Å²) in [5, 5.41) is 0.712. The van der Waals surface area contributed by atoms with Crippen LogP contribution in [-0.4, -0.2) is 51.3 Å². The Labute approximate surface area is 212 Å². The predicted molar refractivity (Wildman–Crippen MR) is 134 cm³/mol. The van der Waals surface area contributed by atoms with Crippen molar-refractivity contribution < 1.29 is 13.6 Å². The molecule has 6 nitrogen and oxygen atoms in total. The van der Waals surface area contributed by atoms with Crippen molar-refractivity contribution in [1.82, 2.24) is 14.9 Å². The summed E-state index contributed by atoms with van der Waals surface area (Å²) in [6.45, 7) is 0.636. The SMILES string of the molecule is O=C(c1ccc(Cl)c(Cl)c1)N1CCC(F)(CC2(Cc3cccc(-c4cnco4)n3)C=CC=N2)CC1. The van der Waals surface area contributed by atoms with E-state index in [0.717, 1.165) is 5.69 Å². The lowest BCUT2D eigenvalue weighted by Gasteiger charge is -2.40. The largest absolute Gasteiger partial charge is 0.442 e. The van der Waals surface area contributed by atoms with Gasteiger partial charge in [-0.2, -0.15) is 0 Å². The van der Waals surface area contributed by atoms with Crippen LogP contribution in [0.3, 0.4) is 0 Å². The molecule has 1 unspecified atom stereocenters. The number of amides is 1. The van der Waals surface area contributed by atoms with E-state index in [2.05, 4.69) is 15.0 Å². The average molecular weight is 513 g/mol. The smallest absolute Gasteiger partial charge is 0.253 e. The molecular formula is C26H23Cl2FN4O2. The number of halogens is 3. The minimum atomic E-state index is -1.46. The number of oxazole rings is 1. The number of hydrogen-bond donors (Lipinski definition) is 0. The standard InChI is InChI=1S/C26H23Cl2FN4O2/c27-20-6-5-18(13-21(20)28)24(34)33-11-8-25(29,9-12-33)16-26(7-2-10-31-26)14-19-3-1-4-22(32-19)23-15-30-17-35-23/h1-7,10,13,15,17H,8-9,11-12,14,16H2. The molecule has 0 radical (unpaired) electrons. The number of alkyl halides is 1. The van der Waals surface area contributed by atoms with Gasteiger partial charge in [0.2, 0.25) is 0 Å². The maximum atomic E-state index is 16.1. The number of aromatic nitrogens is 2. The van der Waals surface area contributed by atoms with Crippen molar-refractivity contribution in [2.45, 2.75) is 36.9 Å². The van der Waals surface area contributed by atoms with Gasteiger partial charge in [0.05, 0.1) is 21.8 Å². The van der Waals surface area contributed by atoms with Crippen molar-refractivity contribution in [1.29, 1.82) is 0 Å². The molecule has 0 saturated carbocycles. The number of carbonyl (C=O) groups is 1. The molecule has 4 heterocycles. The van der Waals surface area contributed by atoms with Crippen molar-refractivity contribution in [3.63, 3.8) is 0 Å². The fourth-order valence-electron chi connectivity index (χ4n) is 4.75. The zero-order valence-corrected chi connectivity index (χ0v) is 20.3. The average Bonchev–Trinajstić information content (AvgIpc) is 3.54. The van der Waals surface area contributed by atoms with Crippen LogP contribution >= 0.6 is 23.2 Å². The third-order valence-corrected chi connectivity index (χ3v) is 7.28. The van der Waals surface area contributed by atoms with Gasteiger partial charge in [-0.25, -0.2) is 14.4 Å². The highest BCUT2D eigenvalue weighted by molar-refractivity contribution is 6.42. The van der Waals surface area contributed by atoms with Crippen LogP contribution < -0.4 is 0 Å². The van der Waals surface area contributed by atoms with Gasteiger partial charge in [-0.05, 0) is 49.2 Å². The number of rotatable bonds is 6. The van der Waals surface area contributed by atoms with Crippen LogP contribution in [0.5, 0.6) is 0 Å². The molecular weight excluding hydrogens is 490 g/mol. The number of hydrogen-bond acceptors (Lipinski definition) is 5. The molecule has 2 aliphatic heterocycles. The van der Waals surface area contributed by atoms with Gasteiger partial charge < -0.3 is 9.32 Å². The van der Waals surface area contributed by atoms with Crippen molar-refractivity contribution in [3.8, 4) is 11.5 Å². The maximum absolute atomic E-state index is 16.1. The zero-order chi connectivity index (χ0) is 24.5. The van der Waals surface area contributed by atoms with Gasteiger partial charge in [0.15, 0.2) is 12.2 Å². The molecule has 1 saturated heterocycles. The first-order valence-corrected chi connectivity index (χ1v) is 12.1. The number of aliphatic imine (C=N–C) groups is 1. The first-order valence-electron chi connectivity index (χ1n) is 11.4. The summed E-state index contributed by atoms with van der Waals surface area (Å²) in [5.41, 5.74) is -0.271. The number of carbonyl (C=O) groups excluding carboxylic acids is 1. The monoisotopic (exact) mass is 512 g/mol. The summed E-state index contributed by atoms with van der Waals surface area (Å²) in [6, 6.07) is 10.4. The number of nitrogens with zero attached hydrogens (tertiary/aromatic N) is 4. The van der Waals surface area contributed by atoms with E-state index < -0.39 is 11.2 Å². The van der Waals surface area contributed by atoms with E-state index in [1.807, 2.05) is 30.4 Å². The molecule has 9 heteroatoms. The number of piperidine rings is 1. The van der Waals surface area contributed by atoms with Crippen LogP contribution in [0.2, 0.25) is 10.0 Å². The molecule has 0 aliphatic carbocycles. The zero-order valence-electron chi connectivity index (χ0n) is 18.8. The van der Waals surface area contributed by atoms with Crippen molar-refractivity contribution in [2.24, 2.45) is 4.99 Å². The van der Waals surface area contributed by atoms with E-state index in [9.17, 15) is 4.79 Å². The highest BCUT2D eigenvalue weighted by Gasteiger charge is 2.44. The summed E-state index contributed by atoms with van der Waals surface area (Å²) in [4.78, 5) is 27.9. The van der Waals surface area contributed by atoms with Crippen molar-refractivity contribution in [3.05, 3.63) is 82.4 Å². The van der Waals surface area contributed by atoms with E-state index in [4.69, 9.17) is 27.6 Å². The highest BCUT2D eigenvalue weighted by atomic mass is 35.5. The number of pyridine rings is 1. The van der Waals surface area contributed by atoms with Crippen LogP contribution in [0.25, 0.3) is 11.5 Å². The lowest BCUT2D eigenvalue weighted by atomic mass is 9.78. The number of likely N-dealkylation sites (tertiary alicyclic amines) is 1.